The fourth-order valence-corrected chi connectivity index (χ4v) is 4.68. The van der Waals surface area contributed by atoms with Crippen LogP contribution in [0.3, 0.4) is 0 Å². The number of thioether (sulfide) groups is 1. The minimum atomic E-state index is -4.23. The molecule has 26 heavy (non-hydrogen) atoms. The number of anilines is 1. The van der Waals surface area contributed by atoms with E-state index in [1.807, 2.05) is 30.3 Å². The fraction of sp³-hybridized carbons (Fsp3) is 0.471. The molecule has 1 aromatic carbocycles. The second-order valence-electron chi connectivity index (χ2n) is 6.24. The van der Waals surface area contributed by atoms with Crippen LogP contribution in [0.25, 0.3) is 0 Å². The zero-order chi connectivity index (χ0) is 18.6. The summed E-state index contributed by atoms with van der Waals surface area (Å²) in [4.78, 5) is 12.3. The van der Waals surface area contributed by atoms with Gasteiger partial charge in [-0.3, -0.25) is 4.79 Å². The van der Waals surface area contributed by atoms with Gasteiger partial charge >= 0.3 is 6.18 Å². The van der Waals surface area contributed by atoms with Crippen LogP contribution in [-0.2, 0) is 10.5 Å². The number of carbonyl (C=O) groups excluding carboxylic acids is 1. The predicted octanol–water partition coefficient (Wildman–Crippen LogP) is 5.14. The summed E-state index contributed by atoms with van der Waals surface area (Å²) in [6.45, 7) is 0. The van der Waals surface area contributed by atoms with Crippen LogP contribution < -0.4 is 5.32 Å². The number of hydrogen-bond acceptors (Lipinski definition) is 5. The lowest BCUT2D eigenvalue weighted by Gasteiger charge is -2.29. The molecule has 1 saturated carbocycles. The summed E-state index contributed by atoms with van der Waals surface area (Å²) in [5.74, 6) is -1.67. The number of nitrogens with one attached hydrogen (secondary N) is 1. The van der Waals surface area contributed by atoms with Gasteiger partial charge in [0.25, 0.3) is 0 Å². The number of amides is 1. The Hall–Kier alpha value is -1.61. The molecule has 4 nitrogen and oxygen atoms in total. The third-order valence-electron chi connectivity index (χ3n) is 4.35. The molecular formula is C17H18F3N3OS2. The van der Waals surface area contributed by atoms with E-state index in [1.54, 1.807) is 0 Å². The number of carbonyl (C=O) groups is 1. The first-order chi connectivity index (χ1) is 12.4. The lowest BCUT2D eigenvalue weighted by atomic mass is 9.80. The average molecular weight is 401 g/mol. The van der Waals surface area contributed by atoms with Crippen LogP contribution in [0.1, 0.15) is 31.2 Å². The van der Waals surface area contributed by atoms with E-state index in [0.717, 1.165) is 11.3 Å². The van der Waals surface area contributed by atoms with Crippen LogP contribution >= 0.6 is 23.1 Å². The highest BCUT2D eigenvalue weighted by Gasteiger charge is 2.43. The Balaban J connectivity index is 1.52. The van der Waals surface area contributed by atoms with Gasteiger partial charge in [0.2, 0.25) is 11.0 Å². The van der Waals surface area contributed by atoms with E-state index in [-0.39, 0.29) is 12.8 Å². The Labute approximate surface area is 157 Å². The van der Waals surface area contributed by atoms with Crippen molar-refractivity contribution in [3.63, 3.8) is 0 Å². The van der Waals surface area contributed by atoms with Gasteiger partial charge in [0, 0.05) is 11.7 Å². The van der Waals surface area contributed by atoms with E-state index < -0.39 is 23.9 Å². The van der Waals surface area contributed by atoms with Gasteiger partial charge in [-0.15, -0.1) is 10.2 Å². The maximum Gasteiger partial charge on any atom is 0.391 e. The zero-order valence-electron chi connectivity index (χ0n) is 13.8. The number of rotatable bonds is 5. The van der Waals surface area contributed by atoms with Crippen molar-refractivity contribution in [1.29, 1.82) is 0 Å². The van der Waals surface area contributed by atoms with Crippen molar-refractivity contribution in [2.45, 2.75) is 42.0 Å². The summed E-state index contributed by atoms with van der Waals surface area (Å²) in [5.41, 5.74) is 1.15. The first-order valence-corrected chi connectivity index (χ1v) is 10.1. The van der Waals surface area contributed by atoms with Crippen molar-refractivity contribution in [3.8, 4) is 0 Å². The molecule has 1 aromatic heterocycles. The lowest BCUT2D eigenvalue weighted by molar-refractivity contribution is -0.185. The molecule has 1 aliphatic carbocycles. The highest BCUT2D eigenvalue weighted by Crippen LogP contribution is 2.40. The third kappa shape index (κ3) is 5.20. The Bertz CT molecular complexity index is 736. The zero-order valence-corrected chi connectivity index (χ0v) is 15.5. The van der Waals surface area contributed by atoms with Crippen LogP contribution in [0.2, 0.25) is 0 Å². The first kappa shape index (κ1) is 19.2. The highest BCUT2D eigenvalue weighted by molar-refractivity contribution is 8.00. The monoisotopic (exact) mass is 401 g/mol. The normalized spacial score (nSPS) is 20.7. The minimum Gasteiger partial charge on any atom is -0.300 e. The van der Waals surface area contributed by atoms with Crippen molar-refractivity contribution >= 4 is 34.1 Å². The maximum atomic E-state index is 12.9. The van der Waals surface area contributed by atoms with Gasteiger partial charge in [0.15, 0.2) is 4.34 Å². The summed E-state index contributed by atoms with van der Waals surface area (Å²) in [7, 11) is 0. The second kappa shape index (κ2) is 8.39. The van der Waals surface area contributed by atoms with Gasteiger partial charge in [-0.25, -0.2) is 0 Å². The van der Waals surface area contributed by atoms with Crippen LogP contribution in [0.4, 0.5) is 18.3 Å². The third-order valence-corrected chi connectivity index (χ3v) is 6.39. The Kier molecular flexibility index (Phi) is 6.18. The summed E-state index contributed by atoms with van der Waals surface area (Å²) >= 11 is 2.74. The molecule has 1 heterocycles. The predicted molar refractivity (Wildman–Crippen MR) is 96.0 cm³/mol. The van der Waals surface area contributed by atoms with E-state index >= 15 is 0 Å². The molecular weight excluding hydrogens is 383 g/mol. The summed E-state index contributed by atoms with van der Waals surface area (Å²) in [6, 6.07) is 9.88. The SMILES string of the molecule is O=C(Nc1nnc(SCc2ccccc2)s1)[C@@H]1CCC[C@H](C(F)(F)F)C1. The lowest BCUT2D eigenvalue weighted by Crippen LogP contribution is -2.34. The molecule has 0 radical (unpaired) electrons. The molecule has 3 rings (SSSR count). The summed E-state index contributed by atoms with van der Waals surface area (Å²) in [6.07, 6.45) is -3.39. The van der Waals surface area contributed by atoms with Crippen LogP contribution in [0.5, 0.6) is 0 Å². The molecule has 1 aliphatic rings. The van der Waals surface area contributed by atoms with Crippen molar-refractivity contribution in [1.82, 2.24) is 10.2 Å². The molecule has 0 bridgehead atoms. The quantitative estimate of drug-likeness (QED) is 0.557. The van der Waals surface area contributed by atoms with E-state index in [9.17, 15) is 18.0 Å². The van der Waals surface area contributed by atoms with Crippen molar-refractivity contribution in [2.24, 2.45) is 11.8 Å². The molecule has 2 atom stereocenters. The Morgan fingerprint density at radius 1 is 1.23 bits per heavy atom. The molecule has 2 aromatic rings. The molecule has 1 N–H and O–H groups in total. The van der Waals surface area contributed by atoms with Gasteiger partial charge in [-0.1, -0.05) is 59.9 Å². The Morgan fingerprint density at radius 2 is 2.00 bits per heavy atom. The number of alkyl halides is 3. The highest BCUT2D eigenvalue weighted by atomic mass is 32.2. The smallest absolute Gasteiger partial charge is 0.300 e. The topological polar surface area (TPSA) is 54.9 Å². The molecule has 0 unspecified atom stereocenters. The van der Waals surface area contributed by atoms with Crippen molar-refractivity contribution in [2.75, 3.05) is 5.32 Å². The van der Waals surface area contributed by atoms with Crippen LogP contribution in [0.15, 0.2) is 34.7 Å². The van der Waals surface area contributed by atoms with Gasteiger partial charge in [-0.05, 0) is 24.8 Å². The number of aromatic nitrogens is 2. The molecule has 0 spiro atoms. The number of hydrogen-bond donors (Lipinski definition) is 1. The van der Waals surface area contributed by atoms with Gasteiger partial charge < -0.3 is 5.32 Å². The van der Waals surface area contributed by atoms with E-state index in [4.69, 9.17) is 0 Å². The van der Waals surface area contributed by atoms with Crippen LogP contribution in [-0.4, -0.2) is 22.3 Å². The number of halogens is 3. The molecule has 1 amide bonds. The van der Waals surface area contributed by atoms with E-state index in [1.165, 1.54) is 23.1 Å². The van der Waals surface area contributed by atoms with E-state index in [2.05, 4.69) is 15.5 Å². The molecule has 0 saturated heterocycles. The fourth-order valence-electron chi connectivity index (χ4n) is 2.97. The second-order valence-corrected chi connectivity index (χ2v) is 8.44. The van der Waals surface area contributed by atoms with E-state index in [0.29, 0.717) is 22.3 Å². The van der Waals surface area contributed by atoms with Gasteiger partial charge in [-0.2, -0.15) is 13.2 Å². The van der Waals surface area contributed by atoms with Crippen molar-refractivity contribution < 1.29 is 18.0 Å². The Morgan fingerprint density at radius 3 is 2.73 bits per heavy atom. The van der Waals surface area contributed by atoms with Gasteiger partial charge in [0.1, 0.15) is 0 Å². The average Bonchev–Trinajstić information content (AvgIpc) is 3.07. The van der Waals surface area contributed by atoms with Crippen molar-refractivity contribution in [3.05, 3.63) is 35.9 Å². The number of benzene rings is 1. The molecule has 9 heteroatoms. The van der Waals surface area contributed by atoms with Crippen LogP contribution in [0, 0.1) is 11.8 Å². The number of nitrogens with zero attached hydrogens (tertiary/aromatic N) is 2. The minimum absolute atomic E-state index is 0.104. The standard InChI is InChI=1S/C17H18F3N3OS2/c18-17(19,20)13-8-4-7-12(9-13)14(24)21-15-22-23-16(26-15)25-10-11-5-2-1-3-6-11/h1-3,5-6,12-13H,4,7-10H2,(H,21,22,24)/t12-,13+/m1/s1. The first-order valence-electron chi connectivity index (χ1n) is 8.29. The summed E-state index contributed by atoms with van der Waals surface area (Å²) < 4.78 is 39.3. The largest absolute Gasteiger partial charge is 0.391 e. The molecule has 0 aliphatic heterocycles. The summed E-state index contributed by atoms with van der Waals surface area (Å²) in [5, 5.41) is 10.9. The maximum absolute atomic E-state index is 12.9. The van der Waals surface area contributed by atoms with Gasteiger partial charge in [0.05, 0.1) is 5.92 Å². The molecule has 1 fully saturated rings. The molecule has 140 valence electrons.